The van der Waals surface area contributed by atoms with Crippen LogP contribution in [0, 0.1) is 10.8 Å². The van der Waals surface area contributed by atoms with E-state index >= 15 is 0 Å². The Balaban J connectivity index is 1.52. The molecule has 0 aromatic carbocycles. The van der Waals surface area contributed by atoms with Gasteiger partial charge in [-0.2, -0.15) is 0 Å². The maximum atomic E-state index is 12.9. The molecule has 1 saturated carbocycles. The SMILES string of the molecule is C/C1=C/C(=O)OC[C@]23CCC(CO)=C[C@H]2O[C@@H]2C[C@@H](OC(=O)/C=C\C=C\C([C@@H](C)O)OCC1)[C@@]3(C)[C@]21CO1. The summed E-state index contributed by atoms with van der Waals surface area (Å²) in [5.41, 5.74) is -0.328. The monoisotopic (exact) mass is 530 g/mol. The summed E-state index contributed by atoms with van der Waals surface area (Å²) in [6, 6.07) is 0. The molecule has 0 aromatic heterocycles. The first-order valence-electron chi connectivity index (χ1n) is 13.4. The average Bonchev–Trinajstić information content (AvgIpc) is 3.66. The van der Waals surface area contributed by atoms with Gasteiger partial charge in [0.15, 0.2) is 0 Å². The quantitative estimate of drug-likeness (QED) is 0.314. The summed E-state index contributed by atoms with van der Waals surface area (Å²) < 4.78 is 30.4. The molecule has 0 radical (unpaired) electrons. The second-order valence-corrected chi connectivity index (χ2v) is 11.4. The molecule has 0 aromatic rings. The lowest BCUT2D eigenvalue weighted by atomic mass is 9.51. The van der Waals surface area contributed by atoms with E-state index in [0.717, 1.165) is 11.1 Å². The van der Waals surface area contributed by atoms with Gasteiger partial charge in [0.2, 0.25) is 0 Å². The second kappa shape index (κ2) is 10.4. The highest BCUT2D eigenvalue weighted by Crippen LogP contribution is 2.72. The van der Waals surface area contributed by atoms with E-state index in [1.165, 1.54) is 12.2 Å². The molecule has 9 nitrogen and oxygen atoms in total. The van der Waals surface area contributed by atoms with E-state index in [1.54, 1.807) is 25.2 Å². The zero-order valence-corrected chi connectivity index (χ0v) is 22.3. The van der Waals surface area contributed by atoms with E-state index in [9.17, 15) is 19.8 Å². The molecule has 2 spiro atoms. The number of carbonyl (C=O) groups excluding carboxylic acids is 2. The summed E-state index contributed by atoms with van der Waals surface area (Å²) in [6.45, 7) is 6.34. The largest absolute Gasteiger partial charge is 0.462 e. The standard InChI is InChI=1S/C29H38O9/c1-18-9-11-34-21(19(2)31)6-4-5-7-25(32)38-22-14-24-29(17-36-29)27(22,3)28(16-35-26(33)12-18)10-8-20(15-30)13-23(28)37-24/h4-7,12-13,19,21-24,30-31H,8-11,14-17H2,1-3H3/b6-4+,7-5-,18-12-/t19-,21?,22-,23-,24-,27-,28-,29+/m1/s1. The van der Waals surface area contributed by atoms with E-state index in [1.807, 2.05) is 13.0 Å². The van der Waals surface area contributed by atoms with E-state index < -0.39 is 52.8 Å². The first kappa shape index (κ1) is 27.3. The van der Waals surface area contributed by atoms with Crippen LogP contribution in [0.25, 0.3) is 0 Å². The number of esters is 2. The van der Waals surface area contributed by atoms with Crippen molar-refractivity contribution in [2.75, 3.05) is 26.4 Å². The summed E-state index contributed by atoms with van der Waals surface area (Å²) in [5, 5.41) is 19.9. The number of hydrogen-bond donors (Lipinski definition) is 2. The third-order valence-electron chi connectivity index (χ3n) is 9.32. The lowest BCUT2D eigenvalue weighted by Gasteiger charge is -2.58. The van der Waals surface area contributed by atoms with Crippen molar-refractivity contribution in [1.82, 2.24) is 0 Å². The molecule has 208 valence electrons. The summed E-state index contributed by atoms with van der Waals surface area (Å²) in [6.07, 6.45) is 9.34. The van der Waals surface area contributed by atoms with Gasteiger partial charge in [-0.15, -0.1) is 0 Å². The Hall–Kier alpha value is -2.30. The van der Waals surface area contributed by atoms with E-state index in [2.05, 4.69) is 6.92 Å². The van der Waals surface area contributed by atoms with Gasteiger partial charge in [-0.05, 0) is 38.7 Å². The minimum Gasteiger partial charge on any atom is -0.462 e. The minimum atomic E-state index is -0.751. The Labute approximate surface area is 223 Å². The topological polar surface area (TPSA) is 124 Å². The van der Waals surface area contributed by atoms with Crippen LogP contribution in [0.1, 0.15) is 46.5 Å². The van der Waals surface area contributed by atoms with Crippen LogP contribution >= 0.6 is 0 Å². The lowest BCUT2D eigenvalue weighted by Crippen LogP contribution is -2.66. The van der Waals surface area contributed by atoms with Gasteiger partial charge in [0.05, 0.1) is 43.5 Å². The molecule has 3 heterocycles. The first-order chi connectivity index (χ1) is 18.1. The third kappa shape index (κ3) is 4.48. The summed E-state index contributed by atoms with van der Waals surface area (Å²) >= 11 is 0. The zero-order valence-electron chi connectivity index (χ0n) is 22.3. The molecule has 2 aliphatic carbocycles. The van der Waals surface area contributed by atoms with Crippen LogP contribution in [-0.4, -0.2) is 84.7 Å². The highest BCUT2D eigenvalue weighted by Gasteiger charge is 2.83. The Morgan fingerprint density at radius 3 is 2.63 bits per heavy atom. The number of aliphatic hydroxyl groups is 2. The summed E-state index contributed by atoms with van der Waals surface area (Å²) in [7, 11) is 0. The molecule has 5 aliphatic rings. The number of aliphatic hydroxyl groups excluding tert-OH is 2. The van der Waals surface area contributed by atoms with Crippen molar-refractivity contribution in [2.24, 2.45) is 10.8 Å². The smallest absolute Gasteiger partial charge is 0.331 e. The number of allylic oxidation sites excluding steroid dienone is 2. The summed E-state index contributed by atoms with van der Waals surface area (Å²) in [4.78, 5) is 25.9. The van der Waals surface area contributed by atoms with Gasteiger partial charge in [0.1, 0.15) is 24.4 Å². The minimum absolute atomic E-state index is 0.0601. The van der Waals surface area contributed by atoms with Crippen LogP contribution < -0.4 is 0 Å². The Morgan fingerprint density at radius 1 is 1.13 bits per heavy atom. The highest BCUT2D eigenvalue weighted by atomic mass is 16.6. The zero-order chi connectivity index (χ0) is 27.1. The normalized spacial score (nSPS) is 45.3. The molecule has 2 bridgehead atoms. The number of carbonyl (C=O) groups is 2. The third-order valence-corrected chi connectivity index (χ3v) is 9.32. The molecule has 0 amide bonds. The molecule has 1 unspecified atom stereocenters. The van der Waals surface area contributed by atoms with E-state index in [4.69, 9.17) is 23.7 Å². The summed E-state index contributed by atoms with van der Waals surface area (Å²) in [5.74, 6) is -0.962. The number of rotatable bonds is 2. The van der Waals surface area contributed by atoms with Crippen LogP contribution in [0.5, 0.6) is 0 Å². The number of hydrogen-bond acceptors (Lipinski definition) is 9. The Bertz CT molecular complexity index is 1070. The van der Waals surface area contributed by atoms with Gasteiger partial charge in [-0.1, -0.05) is 36.8 Å². The van der Waals surface area contributed by atoms with Crippen molar-refractivity contribution in [3.63, 3.8) is 0 Å². The van der Waals surface area contributed by atoms with Gasteiger partial charge in [-0.25, -0.2) is 9.59 Å². The van der Waals surface area contributed by atoms with Crippen molar-refractivity contribution < 1.29 is 43.5 Å². The molecular weight excluding hydrogens is 492 g/mol. The number of ether oxygens (including phenoxy) is 5. The molecule has 8 atom stereocenters. The molecule has 3 aliphatic heterocycles. The fourth-order valence-corrected chi connectivity index (χ4v) is 6.90. The van der Waals surface area contributed by atoms with Crippen molar-refractivity contribution in [1.29, 1.82) is 0 Å². The molecule has 38 heavy (non-hydrogen) atoms. The molecule has 2 saturated heterocycles. The van der Waals surface area contributed by atoms with Crippen molar-refractivity contribution in [3.8, 4) is 0 Å². The fraction of sp³-hybridized carbons (Fsp3) is 0.655. The number of cyclic esters (lactones) is 1. The number of epoxide rings is 1. The first-order valence-corrected chi connectivity index (χ1v) is 13.4. The maximum absolute atomic E-state index is 12.9. The van der Waals surface area contributed by atoms with E-state index in [0.29, 0.717) is 38.9 Å². The van der Waals surface area contributed by atoms with Crippen molar-refractivity contribution in [2.45, 2.75) is 82.6 Å². The molecule has 5 rings (SSSR count). The van der Waals surface area contributed by atoms with Crippen LogP contribution in [0.4, 0.5) is 0 Å². The van der Waals surface area contributed by atoms with Crippen LogP contribution in [0.3, 0.4) is 0 Å². The molecule has 2 N–H and O–H groups in total. The Kier molecular flexibility index (Phi) is 7.43. The van der Waals surface area contributed by atoms with Gasteiger partial charge in [0.25, 0.3) is 0 Å². The van der Waals surface area contributed by atoms with Crippen LogP contribution in [0.15, 0.2) is 47.6 Å². The molecule has 3 fully saturated rings. The van der Waals surface area contributed by atoms with E-state index in [-0.39, 0.29) is 19.3 Å². The van der Waals surface area contributed by atoms with Gasteiger partial charge in [-0.3, -0.25) is 0 Å². The van der Waals surface area contributed by atoms with Gasteiger partial charge >= 0.3 is 11.9 Å². The Morgan fingerprint density at radius 2 is 1.92 bits per heavy atom. The molecule has 9 heteroatoms. The highest BCUT2D eigenvalue weighted by molar-refractivity contribution is 5.83. The van der Waals surface area contributed by atoms with Crippen LogP contribution in [-0.2, 0) is 33.3 Å². The van der Waals surface area contributed by atoms with Crippen molar-refractivity contribution >= 4 is 11.9 Å². The van der Waals surface area contributed by atoms with Crippen molar-refractivity contribution in [3.05, 3.63) is 47.6 Å². The van der Waals surface area contributed by atoms with Gasteiger partial charge < -0.3 is 33.9 Å². The second-order valence-electron chi connectivity index (χ2n) is 11.4. The van der Waals surface area contributed by atoms with Crippen LogP contribution in [0.2, 0.25) is 0 Å². The lowest BCUT2D eigenvalue weighted by molar-refractivity contribution is -0.232. The maximum Gasteiger partial charge on any atom is 0.331 e. The predicted octanol–water partition coefficient (Wildman–Crippen LogP) is 2.32. The molecular formula is C29H38O9. The van der Waals surface area contributed by atoms with Gasteiger partial charge in [0, 0.05) is 24.0 Å². The predicted molar refractivity (Wildman–Crippen MR) is 136 cm³/mol. The fourth-order valence-electron chi connectivity index (χ4n) is 6.90. The average molecular weight is 531 g/mol.